The molecule has 1 atom stereocenters. The predicted molar refractivity (Wildman–Crippen MR) is 65.8 cm³/mol. The van der Waals surface area contributed by atoms with E-state index in [1.165, 1.54) is 16.7 Å². The highest BCUT2D eigenvalue weighted by atomic mass is 16.4. The summed E-state index contributed by atoms with van der Waals surface area (Å²) in [6, 6.07) is 6.52. The van der Waals surface area contributed by atoms with Gasteiger partial charge in [-0.3, -0.25) is 0 Å². The van der Waals surface area contributed by atoms with Crippen molar-refractivity contribution >= 4 is 5.97 Å². The van der Waals surface area contributed by atoms with Gasteiger partial charge in [-0.25, -0.2) is 0 Å². The summed E-state index contributed by atoms with van der Waals surface area (Å²) in [5, 5.41) is 10.7. The molecule has 1 aromatic carbocycles. The fourth-order valence-corrected chi connectivity index (χ4v) is 2.57. The second-order valence-electron chi connectivity index (χ2n) is 5.98. The third-order valence-corrected chi connectivity index (χ3v) is 3.63. The molecule has 0 saturated heterocycles. The van der Waals surface area contributed by atoms with E-state index in [1.807, 2.05) is 0 Å². The standard InChI is InChI=1S/C15H20O2/c1-15(2,3)12-7-6-10-4-5-11(8-14(16)17)13(10)9-12/h6-7,9,11H,4-5,8H2,1-3H3,(H,16,17)/p-1. The molecule has 92 valence electrons. The van der Waals surface area contributed by atoms with E-state index in [0.717, 1.165) is 12.8 Å². The molecule has 1 aliphatic carbocycles. The first kappa shape index (κ1) is 12.2. The zero-order chi connectivity index (χ0) is 12.6. The summed E-state index contributed by atoms with van der Waals surface area (Å²) >= 11 is 0. The van der Waals surface area contributed by atoms with Gasteiger partial charge in [0.2, 0.25) is 0 Å². The minimum Gasteiger partial charge on any atom is -0.550 e. The van der Waals surface area contributed by atoms with Crippen LogP contribution < -0.4 is 5.11 Å². The Morgan fingerprint density at radius 3 is 2.71 bits per heavy atom. The lowest BCUT2D eigenvalue weighted by atomic mass is 9.84. The number of carbonyl (C=O) groups excluding carboxylic acids is 1. The van der Waals surface area contributed by atoms with Crippen LogP contribution in [0.1, 0.15) is 56.2 Å². The molecule has 2 nitrogen and oxygen atoms in total. The van der Waals surface area contributed by atoms with Crippen molar-refractivity contribution in [3.63, 3.8) is 0 Å². The van der Waals surface area contributed by atoms with Gasteiger partial charge in [-0.05, 0) is 47.3 Å². The lowest BCUT2D eigenvalue weighted by Gasteiger charge is -2.21. The molecular weight excluding hydrogens is 212 g/mol. The molecule has 0 bridgehead atoms. The first-order chi connectivity index (χ1) is 7.88. The van der Waals surface area contributed by atoms with Gasteiger partial charge >= 0.3 is 0 Å². The van der Waals surface area contributed by atoms with Crippen LogP contribution in [-0.4, -0.2) is 5.97 Å². The van der Waals surface area contributed by atoms with Crippen LogP contribution in [0.3, 0.4) is 0 Å². The first-order valence-corrected chi connectivity index (χ1v) is 6.21. The maximum atomic E-state index is 10.7. The fraction of sp³-hybridized carbons (Fsp3) is 0.533. The Kier molecular flexibility index (Phi) is 2.98. The summed E-state index contributed by atoms with van der Waals surface area (Å²) < 4.78 is 0. The van der Waals surface area contributed by atoms with Crippen molar-refractivity contribution in [2.24, 2.45) is 0 Å². The minimum atomic E-state index is -0.941. The molecule has 0 N–H and O–H groups in total. The number of hydrogen-bond acceptors (Lipinski definition) is 2. The number of aryl methyl sites for hydroxylation is 1. The number of aliphatic carboxylic acids is 1. The number of fused-ring (bicyclic) bond motifs is 1. The Balaban J connectivity index is 2.34. The second-order valence-corrected chi connectivity index (χ2v) is 5.98. The predicted octanol–water partition coefficient (Wildman–Crippen LogP) is 2.15. The highest BCUT2D eigenvalue weighted by Gasteiger charge is 2.24. The van der Waals surface area contributed by atoms with Gasteiger partial charge in [0.25, 0.3) is 0 Å². The van der Waals surface area contributed by atoms with E-state index < -0.39 is 5.97 Å². The van der Waals surface area contributed by atoms with Gasteiger partial charge < -0.3 is 9.90 Å². The molecule has 1 aliphatic rings. The van der Waals surface area contributed by atoms with E-state index in [9.17, 15) is 9.90 Å². The molecule has 0 aliphatic heterocycles. The molecule has 1 aromatic rings. The van der Waals surface area contributed by atoms with Crippen LogP contribution in [0.4, 0.5) is 0 Å². The van der Waals surface area contributed by atoms with E-state index in [2.05, 4.69) is 39.0 Å². The lowest BCUT2D eigenvalue weighted by molar-refractivity contribution is -0.306. The van der Waals surface area contributed by atoms with E-state index in [1.54, 1.807) is 0 Å². The number of carbonyl (C=O) groups is 1. The van der Waals surface area contributed by atoms with Crippen LogP contribution in [0.5, 0.6) is 0 Å². The molecule has 0 spiro atoms. The SMILES string of the molecule is CC(C)(C)c1ccc2c(c1)C(CC(=O)[O-])CC2. The van der Waals surface area contributed by atoms with Gasteiger partial charge in [0.1, 0.15) is 0 Å². The summed E-state index contributed by atoms with van der Waals surface area (Å²) in [5.74, 6) is -0.790. The Bertz CT molecular complexity index is 441. The van der Waals surface area contributed by atoms with E-state index in [4.69, 9.17) is 0 Å². The zero-order valence-electron chi connectivity index (χ0n) is 10.7. The van der Waals surface area contributed by atoms with Crippen molar-refractivity contribution in [3.05, 3.63) is 34.9 Å². The zero-order valence-corrected chi connectivity index (χ0v) is 10.7. The monoisotopic (exact) mass is 231 g/mol. The molecular formula is C15H19O2-. The molecule has 17 heavy (non-hydrogen) atoms. The number of carboxylic acids is 1. The average molecular weight is 231 g/mol. The van der Waals surface area contributed by atoms with Crippen molar-refractivity contribution in [1.82, 2.24) is 0 Å². The van der Waals surface area contributed by atoms with Crippen molar-refractivity contribution < 1.29 is 9.90 Å². The molecule has 0 heterocycles. The third kappa shape index (κ3) is 2.51. The molecule has 2 heteroatoms. The van der Waals surface area contributed by atoms with E-state index in [0.29, 0.717) is 0 Å². The second kappa shape index (κ2) is 4.17. The summed E-state index contributed by atoms with van der Waals surface area (Å²) in [6.07, 6.45) is 2.09. The molecule has 0 fully saturated rings. The van der Waals surface area contributed by atoms with Crippen molar-refractivity contribution in [2.45, 2.75) is 51.4 Å². The van der Waals surface area contributed by atoms with Crippen LogP contribution in [0.25, 0.3) is 0 Å². The largest absolute Gasteiger partial charge is 0.550 e. The Morgan fingerprint density at radius 2 is 2.12 bits per heavy atom. The maximum absolute atomic E-state index is 10.7. The molecule has 0 saturated carbocycles. The Morgan fingerprint density at radius 1 is 1.41 bits per heavy atom. The van der Waals surface area contributed by atoms with Gasteiger partial charge in [-0.2, -0.15) is 0 Å². The Hall–Kier alpha value is -1.31. The number of rotatable bonds is 2. The number of carboxylic acid groups (broad SMARTS) is 1. The number of hydrogen-bond donors (Lipinski definition) is 0. The van der Waals surface area contributed by atoms with Gasteiger partial charge in [-0.1, -0.05) is 39.0 Å². The highest BCUT2D eigenvalue weighted by molar-refractivity contribution is 5.66. The summed E-state index contributed by atoms with van der Waals surface area (Å²) in [7, 11) is 0. The van der Waals surface area contributed by atoms with Gasteiger partial charge in [0.15, 0.2) is 0 Å². The minimum absolute atomic E-state index is 0.115. The van der Waals surface area contributed by atoms with Gasteiger partial charge in [0, 0.05) is 5.97 Å². The topological polar surface area (TPSA) is 40.1 Å². The summed E-state index contributed by atoms with van der Waals surface area (Å²) in [6.45, 7) is 6.53. The third-order valence-electron chi connectivity index (χ3n) is 3.63. The van der Waals surface area contributed by atoms with E-state index >= 15 is 0 Å². The molecule has 0 aromatic heterocycles. The van der Waals surface area contributed by atoms with Crippen LogP contribution in [0.2, 0.25) is 0 Å². The molecule has 0 amide bonds. The molecule has 1 unspecified atom stereocenters. The van der Waals surface area contributed by atoms with Crippen molar-refractivity contribution in [3.8, 4) is 0 Å². The summed E-state index contributed by atoms with van der Waals surface area (Å²) in [4.78, 5) is 10.7. The summed E-state index contributed by atoms with van der Waals surface area (Å²) in [5.41, 5.74) is 3.93. The number of benzene rings is 1. The first-order valence-electron chi connectivity index (χ1n) is 6.21. The normalized spacial score (nSPS) is 19.1. The quantitative estimate of drug-likeness (QED) is 0.782. The van der Waals surface area contributed by atoms with Crippen LogP contribution in [0, 0.1) is 0 Å². The van der Waals surface area contributed by atoms with Crippen LogP contribution in [-0.2, 0) is 16.6 Å². The molecule has 0 radical (unpaired) electrons. The van der Waals surface area contributed by atoms with Crippen LogP contribution >= 0.6 is 0 Å². The maximum Gasteiger partial charge on any atom is 0.0420 e. The smallest absolute Gasteiger partial charge is 0.0420 e. The van der Waals surface area contributed by atoms with Crippen molar-refractivity contribution in [1.29, 1.82) is 0 Å². The average Bonchev–Trinajstić information content (AvgIpc) is 2.59. The highest BCUT2D eigenvalue weighted by Crippen LogP contribution is 2.37. The van der Waals surface area contributed by atoms with Gasteiger partial charge in [-0.15, -0.1) is 0 Å². The van der Waals surface area contributed by atoms with Gasteiger partial charge in [0.05, 0.1) is 0 Å². The molecule has 2 rings (SSSR count). The Labute approximate surface area is 103 Å². The van der Waals surface area contributed by atoms with Crippen molar-refractivity contribution in [2.75, 3.05) is 0 Å². The van der Waals surface area contributed by atoms with E-state index in [-0.39, 0.29) is 17.8 Å². The fourth-order valence-electron chi connectivity index (χ4n) is 2.57. The van der Waals surface area contributed by atoms with Crippen LogP contribution in [0.15, 0.2) is 18.2 Å². The lowest BCUT2D eigenvalue weighted by Crippen LogP contribution is -2.24.